The molecule has 7 heteroatoms. The van der Waals surface area contributed by atoms with Crippen molar-refractivity contribution in [2.45, 2.75) is 19.3 Å². The number of fused-ring (bicyclic) bond motifs is 1. The number of urea groups is 1. The van der Waals surface area contributed by atoms with Gasteiger partial charge in [0.1, 0.15) is 5.65 Å². The van der Waals surface area contributed by atoms with E-state index in [4.69, 9.17) is 0 Å². The minimum Gasteiger partial charge on any atom is -0.339 e. The van der Waals surface area contributed by atoms with Crippen molar-refractivity contribution in [2.75, 3.05) is 25.0 Å². The topological polar surface area (TPSA) is 78.7 Å². The lowest BCUT2D eigenvalue weighted by atomic mass is 10.2. The fourth-order valence-corrected chi connectivity index (χ4v) is 3.39. The Kier molecular flexibility index (Phi) is 5.23. The molecule has 28 heavy (non-hydrogen) atoms. The molecule has 0 saturated carbocycles. The van der Waals surface area contributed by atoms with E-state index in [1.807, 2.05) is 39.9 Å². The summed E-state index contributed by atoms with van der Waals surface area (Å²) in [5.41, 5.74) is 3.13. The van der Waals surface area contributed by atoms with E-state index < -0.39 is 0 Å². The highest BCUT2D eigenvalue weighted by Gasteiger charge is 2.19. The van der Waals surface area contributed by atoms with Crippen molar-refractivity contribution in [1.29, 1.82) is 0 Å². The third-order valence-corrected chi connectivity index (χ3v) is 4.86. The van der Waals surface area contributed by atoms with Crippen molar-refractivity contribution >= 4 is 23.3 Å². The monoisotopic (exact) mass is 377 g/mol. The number of anilines is 1. The second-order valence-electron chi connectivity index (χ2n) is 6.91. The van der Waals surface area contributed by atoms with Gasteiger partial charge in [0.05, 0.1) is 5.69 Å². The highest BCUT2D eigenvalue weighted by molar-refractivity contribution is 5.95. The largest absolute Gasteiger partial charge is 0.339 e. The summed E-state index contributed by atoms with van der Waals surface area (Å²) in [5, 5.41) is 5.62. The Morgan fingerprint density at radius 3 is 2.57 bits per heavy atom. The van der Waals surface area contributed by atoms with Crippen LogP contribution in [0, 0.1) is 0 Å². The molecule has 0 aliphatic carbocycles. The Balaban J connectivity index is 1.25. The van der Waals surface area contributed by atoms with E-state index in [9.17, 15) is 9.59 Å². The molecule has 144 valence electrons. The molecule has 2 N–H and O–H groups in total. The van der Waals surface area contributed by atoms with Gasteiger partial charge in [0.2, 0.25) is 0 Å². The van der Waals surface area contributed by atoms with E-state index in [2.05, 4.69) is 15.6 Å². The van der Waals surface area contributed by atoms with Crippen LogP contribution >= 0.6 is 0 Å². The number of likely N-dealkylation sites (tertiary alicyclic amines) is 1. The van der Waals surface area contributed by atoms with Crippen LogP contribution in [0.1, 0.15) is 28.9 Å². The lowest BCUT2D eigenvalue weighted by molar-refractivity contribution is 0.0793. The van der Waals surface area contributed by atoms with Gasteiger partial charge in [-0.3, -0.25) is 4.79 Å². The number of amides is 3. The molecule has 1 saturated heterocycles. The zero-order valence-electron chi connectivity index (χ0n) is 15.6. The summed E-state index contributed by atoms with van der Waals surface area (Å²) >= 11 is 0. The molecule has 4 rings (SSSR count). The van der Waals surface area contributed by atoms with E-state index in [0.29, 0.717) is 24.2 Å². The van der Waals surface area contributed by atoms with Gasteiger partial charge in [-0.15, -0.1) is 0 Å². The molecule has 1 aromatic carbocycles. The molecule has 3 aromatic rings. The number of hydrogen-bond donors (Lipinski definition) is 2. The minimum atomic E-state index is -0.276. The highest BCUT2D eigenvalue weighted by Crippen LogP contribution is 2.15. The molecule has 0 atom stereocenters. The van der Waals surface area contributed by atoms with Crippen LogP contribution in [-0.2, 0) is 6.42 Å². The number of carbonyl (C=O) groups is 2. The average Bonchev–Trinajstić information content (AvgIpc) is 3.37. The van der Waals surface area contributed by atoms with Gasteiger partial charge in [-0.25, -0.2) is 9.78 Å². The quantitative estimate of drug-likeness (QED) is 0.718. The molecule has 1 aliphatic heterocycles. The molecular weight excluding hydrogens is 354 g/mol. The number of benzene rings is 1. The predicted octanol–water partition coefficient (Wildman–Crippen LogP) is 2.93. The summed E-state index contributed by atoms with van der Waals surface area (Å²) in [4.78, 5) is 30.8. The van der Waals surface area contributed by atoms with Gasteiger partial charge < -0.3 is 19.9 Å². The Bertz CT molecular complexity index is 941. The molecule has 2 aromatic heterocycles. The molecule has 7 nitrogen and oxygen atoms in total. The SMILES string of the molecule is O=C(NCCc1cn2ccccc2n1)Nc1ccc(C(=O)N2CCCC2)cc1. The van der Waals surface area contributed by atoms with Gasteiger partial charge >= 0.3 is 6.03 Å². The first-order valence-corrected chi connectivity index (χ1v) is 9.56. The summed E-state index contributed by atoms with van der Waals surface area (Å²) in [6.45, 7) is 2.14. The van der Waals surface area contributed by atoms with Gasteiger partial charge in [-0.1, -0.05) is 6.07 Å². The maximum absolute atomic E-state index is 12.3. The Hall–Kier alpha value is -3.35. The smallest absolute Gasteiger partial charge is 0.319 e. The first-order valence-electron chi connectivity index (χ1n) is 9.56. The Labute approximate surface area is 163 Å². The van der Waals surface area contributed by atoms with Gasteiger partial charge in [0.25, 0.3) is 5.91 Å². The second-order valence-corrected chi connectivity index (χ2v) is 6.91. The lowest BCUT2D eigenvalue weighted by Crippen LogP contribution is -2.30. The van der Waals surface area contributed by atoms with Crippen LogP contribution in [0.15, 0.2) is 54.9 Å². The third-order valence-electron chi connectivity index (χ3n) is 4.86. The van der Waals surface area contributed by atoms with E-state index in [1.165, 1.54) is 0 Å². The van der Waals surface area contributed by atoms with Crippen LogP contribution in [0.5, 0.6) is 0 Å². The van der Waals surface area contributed by atoms with Crippen LogP contribution < -0.4 is 10.6 Å². The van der Waals surface area contributed by atoms with Crippen LogP contribution in [0.3, 0.4) is 0 Å². The van der Waals surface area contributed by atoms with E-state index in [1.54, 1.807) is 24.3 Å². The standard InChI is InChI=1S/C21H23N5O2/c27-20(25-12-3-4-13-25)16-6-8-17(9-7-16)24-21(28)22-11-10-18-15-26-14-2-1-5-19(26)23-18/h1-2,5-9,14-15H,3-4,10-13H2,(H2,22,24,28). The van der Waals surface area contributed by atoms with E-state index in [-0.39, 0.29) is 11.9 Å². The summed E-state index contributed by atoms with van der Waals surface area (Å²) in [5.74, 6) is 0.0564. The van der Waals surface area contributed by atoms with Crippen LogP contribution in [0.2, 0.25) is 0 Å². The number of hydrogen-bond acceptors (Lipinski definition) is 3. The number of carbonyl (C=O) groups excluding carboxylic acids is 2. The molecule has 0 spiro atoms. The number of rotatable bonds is 5. The zero-order valence-corrected chi connectivity index (χ0v) is 15.6. The number of imidazole rings is 1. The van der Waals surface area contributed by atoms with Crippen molar-refractivity contribution < 1.29 is 9.59 Å². The average molecular weight is 377 g/mol. The maximum Gasteiger partial charge on any atom is 0.319 e. The highest BCUT2D eigenvalue weighted by atomic mass is 16.2. The molecule has 1 aliphatic rings. The summed E-state index contributed by atoms with van der Waals surface area (Å²) in [6, 6.07) is 12.6. The molecule has 0 radical (unpaired) electrons. The van der Waals surface area contributed by atoms with Crippen LogP contribution in [0.25, 0.3) is 5.65 Å². The van der Waals surface area contributed by atoms with Crippen molar-refractivity contribution in [1.82, 2.24) is 19.6 Å². The number of pyridine rings is 1. The van der Waals surface area contributed by atoms with Crippen molar-refractivity contribution in [3.8, 4) is 0 Å². The van der Waals surface area contributed by atoms with E-state index >= 15 is 0 Å². The predicted molar refractivity (Wildman–Crippen MR) is 107 cm³/mol. The maximum atomic E-state index is 12.3. The second kappa shape index (κ2) is 8.12. The molecule has 1 fully saturated rings. The fourth-order valence-electron chi connectivity index (χ4n) is 3.39. The fraction of sp³-hybridized carbons (Fsp3) is 0.286. The van der Waals surface area contributed by atoms with Crippen LogP contribution in [0.4, 0.5) is 10.5 Å². The normalized spacial score (nSPS) is 13.6. The van der Waals surface area contributed by atoms with Gasteiger partial charge in [-0.2, -0.15) is 0 Å². The molecule has 0 unspecified atom stereocenters. The van der Waals surface area contributed by atoms with Crippen molar-refractivity contribution in [2.24, 2.45) is 0 Å². The van der Waals surface area contributed by atoms with Gasteiger partial charge in [0.15, 0.2) is 0 Å². The molecule has 3 amide bonds. The van der Waals surface area contributed by atoms with Crippen LogP contribution in [-0.4, -0.2) is 45.9 Å². The molecule has 0 bridgehead atoms. The van der Waals surface area contributed by atoms with Crippen molar-refractivity contribution in [3.05, 3.63) is 66.1 Å². The summed E-state index contributed by atoms with van der Waals surface area (Å²) in [7, 11) is 0. The Morgan fingerprint density at radius 2 is 1.82 bits per heavy atom. The summed E-state index contributed by atoms with van der Waals surface area (Å²) < 4.78 is 1.96. The zero-order chi connectivity index (χ0) is 19.3. The first kappa shape index (κ1) is 18.0. The number of aromatic nitrogens is 2. The molecule has 3 heterocycles. The Morgan fingerprint density at radius 1 is 1.04 bits per heavy atom. The van der Waals surface area contributed by atoms with Crippen molar-refractivity contribution in [3.63, 3.8) is 0 Å². The summed E-state index contributed by atoms with van der Waals surface area (Å²) in [6.07, 6.45) is 6.70. The van der Waals surface area contributed by atoms with E-state index in [0.717, 1.165) is 37.3 Å². The first-order chi connectivity index (χ1) is 13.7. The third kappa shape index (κ3) is 4.14. The minimum absolute atomic E-state index is 0.0564. The lowest BCUT2D eigenvalue weighted by Gasteiger charge is -2.15. The van der Waals surface area contributed by atoms with Gasteiger partial charge in [-0.05, 0) is 49.2 Å². The molecular formula is C21H23N5O2. The number of nitrogens with one attached hydrogen (secondary N) is 2. The number of nitrogens with zero attached hydrogens (tertiary/aromatic N) is 3. The van der Waals surface area contributed by atoms with Gasteiger partial charge in [0, 0.05) is 49.7 Å².